The lowest BCUT2D eigenvalue weighted by molar-refractivity contribution is -0.124. The van der Waals surface area contributed by atoms with E-state index in [1.165, 1.54) is 19.1 Å². The zero-order valence-corrected chi connectivity index (χ0v) is 10.1. The summed E-state index contributed by atoms with van der Waals surface area (Å²) in [7, 11) is 0. The highest BCUT2D eigenvalue weighted by Gasteiger charge is 2.11. The van der Waals surface area contributed by atoms with E-state index in [2.05, 4.69) is 15.5 Å². The molecule has 1 aromatic heterocycles. The number of Topliss-reactive ketones (excluding diaryl/α,β-unsaturated/α-hetero) is 1. The number of nitrogens with one attached hydrogen (secondary N) is 3. The Morgan fingerprint density at radius 3 is 2.53 bits per heavy atom. The van der Waals surface area contributed by atoms with Crippen molar-refractivity contribution in [2.75, 3.05) is 5.32 Å². The largest absolute Gasteiger partial charge is 0.325 e. The van der Waals surface area contributed by atoms with E-state index in [4.69, 9.17) is 0 Å². The van der Waals surface area contributed by atoms with Gasteiger partial charge in [0.05, 0.1) is 22.9 Å². The maximum Gasteiger partial charge on any atom is 0.272 e. The van der Waals surface area contributed by atoms with E-state index in [1.54, 1.807) is 6.07 Å². The molecule has 0 radical (unpaired) electrons. The predicted octanol–water partition coefficient (Wildman–Crippen LogP) is 0.134. The first-order valence-electron chi connectivity index (χ1n) is 5.52. The molecule has 1 heterocycles. The van der Waals surface area contributed by atoms with E-state index in [-0.39, 0.29) is 28.7 Å². The lowest BCUT2D eigenvalue weighted by Crippen LogP contribution is -2.22. The van der Waals surface area contributed by atoms with E-state index in [9.17, 15) is 19.2 Å². The summed E-state index contributed by atoms with van der Waals surface area (Å²) in [6.45, 7) is 1.29. The third kappa shape index (κ3) is 2.59. The van der Waals surface area contributed by atoms with E-state index in [0.29, 0.717) is 0 Å². The number of aromatic nitrogens is 2. The van der Waals surface area contributed by atoms with Gasteiger partial charge in [0.1, 0.15) is 5.78 Å². The van der Waals surface area contributed by atoms with E-state index >= 15 is 0 Å². The maximum absolute atomic E-state index is 11.7. The quantitative estimate of drug-likeness (QED) is 0.682. The Labute approximate surface area is 106 Å². The molecule has 3 N–H and O–H groups in total. The second-order valence-electron chi connectivity index (χ2n) is 4.06. The van der Waals surface area contributed by atoms with Crippen LogP contribution < -0.4 is 16.4 Å². The van der Waals surface area contributed by atoms with Crippen molar-refractivity contribution in [1.82, 2.24) is 10.2 Å². The summed E-state index contributed by atoms with van der Waals surface area (Å²) >= 11 is 0. The Hall–Kier alpha value is -2.70. The summed E-state index contributed by atoms with van der Waals surface area (Å²) in [6.07, 6.45) is -0.280. The van der Waals surface area contributed by atoms with Crippen molar-refractivity contribution in [3.05, 3.63) is 38.9 Å². The van der Waals surface area contributed by atoms with Crippen LogP contribution in [0.4, 0.5) is 5.69 Å². The van der Waals surface area contributed by atoms with Crippen molar-refractivity contribution in [3.8, 4) is 0 Å². The van der Waals surface area contributed by atoms with Crippen molar-refractivity contribution < 1.29 is 9.59 Å². The van der Waals surface area contributed by atoms with Crippen molar-refractivity contribution >= 4 is 28.2 Å². The smallest absolute Gasteiger partial charge is 0.272 e. The Kier molecular flexibility index (Phi) is 3.28. The zero-order chi connectivity index (χ0) is 14.0. The summed E-state index contributed by atoms with van der Waals surface area (Å²) in [5.41, 5.74) is -0.776. The van der Waals surface area contributed by atoms with E-state index in [0.717, 1.165) is 0 Å². The molecule has 1 aromatic carbocycles. The summed E-state index contributed by atoms with van der Waals surface area (Å²) in [4.78, 5) is 45.6. The van der Waals surface area contributed by atoms with Crippen molar-refractivity contribution in [2.24, 2.45) is 0 Å². The van der Waals surface area contributed by atoms with Gasteiger partial charge in [-0.2, -0.15) is 0 Å². The van der Waals surface area contributed by atoms with Gasteiger partial charge in [0.25, 0.3) is 11.1 Å². The van der Waals surface area contributed by atoms with Gasteiger partial charge in [-0.1, -0.05) is 6.07 Å². The van der Waals surface area contributed by atoms with Gasteiger partial charge in [-0.15, -0.1) is 0 Å². The number of H-pyrrole nitrogens is 2. The second kappa shape index (κ2) is 4.89. The monoisotopic (exact) mass is 261 g/mol. The Bertz CT molecular complexity index is 772. The van der Waals surface area contributed by atoms with Gasteiger partial charge >= 0.3 is 0 Å². The van der Waals surface area contributed by atoms with Crippen LogP contribution in [0, 0.1) is 0 Å². The van der Waals surface area contributed by atoms with Gasteiger partial charge in [0, 0.05) is 0 Å². The average Bonchev–Trinajstić information content (AvgIpc) is 2.33. The molecule has 1 amide bonds. The summed E-state index contributed by atoms with van der Waals surface area (Å²) in [6, 6.07) is 4.51. The SMILES string of the molecule is CC(=O)CC(=O)Nc1cccc2c(=O)[nH][nH]c(=O)c12. The fourth-order valence-electron chi connectivity index (χ4n) is 1.75. The highest BCUT2D eigenvalue weighted by atomic mass is 16.2. The summed E-state index contributed by atoms with van der Waals surface area (Å²) < 4.78 is 0. The molecule has 2 rings (SSSR count). The molecular weight excluding hydrogens is 250 g/mol. The number of carbonyl (C=O) groups is 2. The molecule has 0 saturated heterocycles. The van der Waals surface area contributed by atoms with Crippen LogP contribution in [0.2, 0.25) is 0 Å². The number of hydrogen-bond acceptors (Lipinski definition) is 4. The molecule has 0 aliphatic rings. The van der Waals surface area contributed by atoms with Crippen LogP contribution >= 0.6 is 0 Å². The van der Waals surface area contributed by atoms with Gasteiger partial charge in [-0.05, 0) is 19.1 Å². The number of amides is 1. The first-order chi connectivity index (χ1) is 8.99. The number of aromatic amines is 2. The highest BCUT2D eigenvalue weighted by Crippen LogP contribution is 2.16. The number of carbonyl (C=O) groups excluding carboxylic acids is 2. The number of anilines is 1. The molecule has 19 heavy (non-hydrogen) atoms. The molecule has 0 spiro atoms. The van der Waals surface area contributed by atoms with Crippen LogP contribution in [0.25, 0.3) is 10.8 Å². The molecule has 7 nitrogen and oxygen atoms in total. The van der Waals surface area contributed by atoms with Crippen molar-refractivity contribution in [1.29, 1.82) is 0 Å². The molecule has 0 unspecified atom stereocenters. The molecular formula is C12H11N3O4. The first-order valence-corrected chi connectivity index (χ1v) is 5.52. The minimum absolute atomic E-state index is 0.0863. The number of fused-ring (bicyclic) bond motifs is 1. The van der Waals surface area contributed by atoms with Gasteiger partial charge in [0.2, 0.25) is 5.91 Å². The fraction of sp³-hybridized carbons (Fsp3) is 0.167. The third-order valence-electron chi connectivity index (χ3n) is 2.51. The first kappa shape index (κ1) is 12.7. The lowest BCUT2D eigenvalue weighted by Gasteiger charge is -2.06. The molecule has 2 aromatic rings. The van der Waals surface area contributed by atoms with Crippen LogP contribution in [-0.4, -0.2) is 21.9 Å². The minimum Gasteiger partial charge on any atom is -0.325 e. The van der Waals surface area contributed by atoms with Gasteiger partial charge in [-0.3, -0.25) is 29.4 Å². The summed E-state index contributed by atoms with van der Waals surface area (Å²) in [5.74, 6) is -0.816. The third-order valence-corrected chi connectivity index (χ3v) is 2.51. The fourth-order valence-corrected chi connectivity index (χ4v) is 1.75. The normalized spacial score (nSPS) is 10.4. The Balaban J connectivity index is 2.53. The zero-order valence-electron chi connectivity index (χ0n) is 10.1. The molecule has 0 bridgehead atoms. The van der Waals surface area contributed by atoms with Crippen LogP contribution in [0.5, 0.6) is 0 Å². The molecule has 0 aliphatic carbocycles. The number of rotatable bonds is 3. The summed E-state index contributed by atoms with van der Waals surface area (Å²) in [5, 5.41) is 7.09. The van der Waals surface area contributed by atoms with Gasteiger partial charge in [-0.25, -0.2) is 0 Å². The Morgan fingerprint density at radius 1 is 1.16 bits per heavy atom. The van der Waals surface area contributed by atoms with Crippen LogP contribution in [0.15, 0.2) is 27.8 Å². The molecule has 0 aliphatic heterocycles. The standard InChI is InChI=1S/C12H11N3O4/c1-6(16)5-9(17)13-8-4-2-3-7-10(8)12(19)15-14-11(7)18/h2-4H,5H2,1H3,(H,13,17)(H,14,18)(H,15,19). The Morgan fingerprint density at radius 2 is 1.84 bits per heavy atom. The van der Waals surface area contributed by atoms with E-state index in [1.807, 2.05) is 0 Å². The average molecular weight is 261 g/mol. The highest BCUT2D eigenvalue weighted by molar-refractivity contribution is 6.07. The molecule has 0 saturated carbocycles. The van der Waals surface area contributed by atoms with E-state index < -0.39 is 17.0 Å². The molecule has 0 atom stereocenters. The van der Waals surface area contributed by atoms with Crippen LogP contribution in [0.1, 0.15) is 13.3 Å². The maximum atomic E-state index is 11.7. The minimum atomic E-state index is -0.528. The van der Waals surface area contributed by atoms with Gasteiger partial charge in [0.15, 0.2) is 0 Å². The molecule has 7 heteroatoms. The van der Waals surface area contributed by atoms with Crippen LogP contribution in [-0.2, 0) is 9.59 Å². The number of hydrogen-bond donors (Lipinski definition) is 3. The van der Waals surface area contributed by atoms with Crippen LogP contribution in [0.3, 0.4) is 0 Å². The number of ketones is 1. The van der Waals surface area contributed by atoms with Gasteiger partial charge < -0.3 is 5.32 Å². The molecule has 98 valence electrons. The second-order valence-corrected chi connectivity index (χ2v) is 4.06. The molecule has 0 fully saturated rings. The van der Waals surface area contributed by atoms with Crippen molar-refractivity contribution in [2.45, 2.75) is 13.3 Å². The lowest BCUT2D eigenvalue weighted by atomic mass is 10.1. The number of benzene rings is 1. The van der Waals surface area contributed by atoms with Crippen molar-refractivity contribution in [3.63, 3.8) is 0 Å². The topological polar surface area (TPSA) is 112 Å². The predicted molar refractivity (Wildman–Crippen MR) is 69.1 cm³/mol.